The van der Waals surface area contributed by atoms with Crippen molar-refractivity contribution in [2.75, 3.05) is 32.7 Å². The van der Waals surface area contributed by atoms with Crippen molar-refractivity contribution in [1.29, 1.82) is 0 Å². The fraction of sp³-hybridized carbons (Fsp3) is 0.500. The van der Waals surface area contributed by atoms with Crippen molar-refractivity contribution < 1.29 is 4.79 Å². The van der Waals surface area contributed by atoms with E-state index in [1.165, 1.54) is 15.4 Å². The molecule has 3 rings (SSSR count). The second-order valence-electron chi connectivity index (χ2n) is 6.58. The van der Waals surface area contributed by atoms with E-state index in [2.05, 4.69) is 46.2 Å². The van der Waals surface area contributed by atoms with Crippen LogP contribution in [0.2, 0.25) is 4.18 Å². The first kappa shape index (κ1) is 22.7. The Morgan fingerprint density at radius 1 is 1.08 bits per heavy atom. The average molecular weight is 488 g/mol. The van der Waals surface area contributed by atoms with Gasteiger partial charge in [-0.2, -0.15) is 0 Å². The molecule has 1 aromatic carbocycles. The Balaban J connectivity index is 0.00000156. The van der Waals surface area contributed by atoms with E-state index in [4.69, 9.17) is 5.73 Å². The van der Waals surface area contributed by atoms with E-state index in [-0.39, 0.29) is 28.5 Å². The molecule has 0 radical (unpaired) electrons. The van der Waals surface area contributed by atoms with Gasteiger partial charge in [-0.05, 0) is 0 Å². The second-order valence-corrected chi connectivity index (χ2v) is 14.7. The van der Waals surface area contributed by atoms with E-state index < -0.39 is 21.4 Å². The molecular weight excluding hydrogens is 460 g/mol. The molecule has 2 aliphatic rings. The summed E-state index contributed by atoms with van der Waals surface area (Å²) in [7, 11) is 0. The number of piperazine rings is 1. The molecule has 1 aromatic rings. The van der Waals surface area contributed by atoms with Gasteiger partial charge in [-0.3, -0.25) is 0 Å². The van der Waals surface area contributed by atoms with Crippen molar-refractivity contribution in [2.45, 2.75) is 23.4 Å². The van der Waals surface area contributed by atoms with E-state index in [1.54, 1.807) is 0 Å². The molecule has 1 amide bonds. The summed E-state index contributed by atoms with van der Waals surface area (Å²) in [6.07, 6.45) is 5.75. The molecule has 0 bridgehead atoms. The summed E-state index contributed by atoms with van der Waals surface area (Å²) in [4.78, 5) is 16.8. The van der Waals surface area contributed by atoms with Gasteiger partial charge in [0.05, 0.1) is 0 Å². The number of carbonyl (C=O) groups excluding carboxylic acids is 1. The summed E-state index contributed by atoms with van der Waals surface area (Å²) < 4.78 is 2.56. The number of nitrogens with zero attached hydrogens (tertiary/aromatic N) is 2. The van der Waals surface area contributed by atoms with Gasteiger partial charge in [0.2, 0.25) is 0 Å². The minimum atomic E-state index is -2.33. The zero-order valence-corrected chi connectivity index (χ0v) is 19.5. The van der Waals surface area contributed by atoms with Gasteiger partial charge in [0.25, 0.3) is 0 Å². The third-order valence-corrected chi connectivity index (χ3v) is 13.6. The van der Waals surface area contributed by atoms with E-state index >= 15 is 0 Å². The molecule has 0 aromatic heterocycles. The molecule has 138 valence electrons. The summed E-state index contributed by atoms with van der Waals surface area (Å²) in [6.45, 7) is 5.44. The van der Waals surface area contributed by atoms with Gasteiger partial charge in [0.1, 0.15) is 0 Å². The Hall–Kier alpha value is -0.360. The Labute approximate surface area is 171 Å². The summed E-state index contributed by atoms with van der Waals surface area (Å²) >= 11 is -2.33. The summed E-state index contributed by atoms with van der Waals surface area (Å²) in [5, 5.41) is 0. The minimum absolute atomic E-state index is 0. The van der Waals surface area contributed by atoms with E-state index in [1.807, 2.05) is 0 Å². The molecule has 1 saturated heterocycles. The van der Waals surface area contributed by atoms with Crippen LogP contribution in [0.1, 0.15) is 18.4 Å². The van der Waals surface area contributed by atoms with Crippen molar-refractivity contribution in [3.63, 3.8) is 0 Å². The first-order valence-electron chi connectivity index (χ1n) is 8.74. The van der Waals surface area contributed by atoms with Crippen molar-refractivity contribution in [3.8, 4) is 0 Å². The maximum atomic E-state index is 11.8. The zero-order valence-electron chi connectivity index (χ0n) is 14.6. The topological polar surface area (TPSA) is 49.6 Å². The number of primary amides is 1. The molecule has 4 nitrogen and oxygen atoms in total. The van der Waals surface area contributed by atoms with E-state index in [0.717, 1.165) is 49.7 Å². The van der Waals surface area contributed by atoms with E-state index in [9.17, 15) is 4.79 Å². The molecule has 2 heterocycles. The molecule has 0 atom stereocenters. The number of halogens is 2. The summed E-state index contributed by atoms with van der Waals surface area (Å²) in [6, 6.07) is 10.7. The number of hydrogen-bond donors (Lipinski definition) is 1. The predicted octanol–water partition coefficient (Wildman–Crippen LogP) is 3.06. The molecule has 25 heavy (non-hydrogen) atoms. The van der Waals surface area contributed by atoms with Gasteiger partial charge >= 0.3 is 147 Å². The molecular formula is C18H28Cl2InN3O. The van der Waals surface area contributed by atoms with Crippen LogP contribution in [0.5, 0.6) is 0 Å². The fourth-order valence-corrected chi connectivity index (χ4v) is 11.3. The van der Waals surface area contributed by atoms with Crippen LogP contribution < -0.4 is 5.73 Å². The van der Waals surface area contributed by atoms with Gasteiger partial charge in [-0.15, -0.1) is 24.8 Å². The molecule has 0 unspecified atom stereocenters. The first-order chi connectivity index (χ1) is 11.2. The number of carbonyl (C=O) groups is 1. The Kier molecular flexibility index (Phi) is 10.3. The van der Waals surface area contributed by atoms with Gasteiger partial charge in [-0.1, -0.05) is 0 Å². The van der Waals surface area contributed by atoms with Crippen molar-refractivity contribution in [1.82, 2.24) is 9.80 Å². The Morgan fingerprint density at radius 2 is 1.76 bits per heavy atom. The molecule has 0 aliphatic carbocycles. The molecule has 1 fully saturated rings. The molecule has 2 N–H and O–H groups in total. The van der Waals surface area contributed by atoms with Gasteiger partial charge in [0.15, 0.2) is 0 Å². The fourth-order valence-electron chi connectivity index (χ4n) is 3.66. The third kappa shape index (κ3) is 6.38. The SMILES string of the molecule is Cl.Cl.N[C](=O)[In]1[CH2]CCC=[C]1N1CCN(CCc2ccccc2)CC1. The van der Waals surface area contributed by atoms with Gasteiger partial charge in [-0.25, -0.2) is 0 Å². The maximum absolute atomic E-state index is 11.8. The van der Waals surface area contributed by atoms with Gasteiger partial charge < -0.3 is 0 Å². The Morgan fingerprint density at radius 3 is 2.40 bits per heavy atom. The monoisotopic (exact) mass is 487 g/mol. The van der Waals surface area contributed by atoms with Crippen LogP contribution in [0, 0.1) is 0 Å². The number of nitrogens with two attached hydrogens (primary N) is 1. The molecule has 0 saturated carbocycles. The zero-order chi connectivity index (χ0) is 16.1. The van der Waals surface area contributed by atoms with Gasteiger partial charge in [0, 0.05) is 0 Å². The van der Waals surface area contributed by atoms with Crippen LogP contribution in [0.4, 0.5) is 4.79 Å². The number of rotatable bonds is 5. The van der Waals surface area contributed by atoms with Crippen molar-refractivity contribution in [3.05, 3.63) is 45.4 Å². The van der Waals surface area contributed by atoms with Crippen LogP contribution >= 0.6 is 24.8 Å². The number of allylic oxidation sites excluding steroid dienone is 1. The standard InChI is InChI=1S/C17H24N2.CH2NO.2ClH.In/c1-2-3-7-11-18-13-15-19(16-14-18)12-10-17-8-5-4-6-9-17;2-1-3;;;/h4-9H,1-3,10,12-16H2;(H2,2,3);2*1H;. The predicted molar refractivity (Wildman–Crippen MR) is 110 cm³/mol. The molecule has 7 heteroatoms. The van der Waals surface area contributed by atoms with Crippen LogP contribution in [0.3, 0.4) is 0 Å². The van der Waals surface area contributed by atoms with E-state index in [0.29, 0.717) is 0 Å². The number of amides is 1. The van der Waals surface area contributed by atoms with Crippen LogP contribution in [0.15, 0.2) is 39.9 Å². The molecule has 2 aliphatic heterocycles. The quantitative estimate of drug-likeness (QED) is 0.694. The summed E-state index contributed by atoms with van der Waals surface area (Å²) in [5.74, 6) is 0. The second kappa shape index (κ2) is 11.4. The van der Waals surface area contributed by atoms with Crippen molar-refractivity contribution >= 4 is 49.9 Å². The average Bonchev–Trinajstić information content (AvgIpc) is 2.61. The number of benzene rings is 1. The van der Waals surface area contributed by atoms with Crippen LogP contribution in [-0.4, -0.2) is 67.6 Å². The Bertz CT molecular complexity index is 563. The summed E-state index contributed by atoms with van der Waals surface area (Å²) in [5.41, 5.74) is 7.09. The van der Waals surface area contributed by atoms with Crippen LogP contribution in [-0.2, 0) is 6.42 Å². The molecule has 0 spiro atoms. The number of hydrogen-bond acceptors (Lipinski definition) is 3. The van der Waals surface area contributed by atoms with Crippen LogP contribution in [0.25, 0.3) is 0 Å². The first-order valence-corrected chi connectivity index (χ1v) is 14.4. The third-order valence-electron chi connectivity index (χ3n) is 5.05. The normalized spacial score (nSPS) is 18.0. The van der Waals surface area contributed by atoms with Crippen molar-refractivity contribution in [2.24, 2.45) is 5.73 Å².